The zero-order valence-corrected chi connectivity index (χ0v) is 20.6. The van der Waals surface area contributed by atoms with Crippen LogP contribution in [-0.2, 0) is 13.2 Å². The summed E-state index contributed by atoms with van der Waals surface area (Å²) in [5.74, 6) is 1.92. The minimum Gasteiger partial charge on any atom is -0.493 e. The summed E-state index contributed by atoms with van der Waals surface area (Å²) in [5, 5.41) is 0.438. The smallest absolute Gasteiger partial charge is 0.203 e. The van der Waals surface area contributed by atoms with Crippen LogP contribution in [0.25, 0.3) is 22.1 Å². The Morgan fingerprint density at radius 3 is 2.00 bits per heavy atom. The lowest BCUT2D eigenvalue weighted by atomic mass is 10.0. The van der Waals surface area contributed by atoms with Gasteiger partial charge in [0.15, 0.2) is 11.5 Å². The van der Waals surface area contributed by atoms with Crippen molar-refractivity contribution in [1.82, 2.24) is 0 Å². The summed E-state index contributed by atoms with van der Waals surface area (Å²) in [6, 6.07) is 28.4. The largest absolute Gasteiger partial charge is 0.493 e. The monoisotopic (exact) mass is 494 g/mol. The Morgan fingerprint density at radius 1 is 0.676 bits per heavy atom. The van der Waals surface area contributed by atoms with E-state index in [4.69, 9.17) is 23.4 Å². The molecule has 1 aromatic heterocycles. The van der Waals surface area contributed by atoms with Crippen LogP contribution < -0.4 is 24.4 Å². The molecule has 0 aliphatic heterocycles. The molecule has 0 aliphatic carbocycles. The fourth-order valence-electron chi connectivity index (χ4n) is 4.11. The van der Waals surface area contributed by atoms with Crippen molar-refractivity contribution in [2.24, 2.45) is 0 Å². The van der Waals surface area contributed by atoms with Crippen LogP contribution in [-0.4, -0.2) is 14.2 Å². The van der Waals surface area contributed by atoms with Gasteiger partial charge in [-0.2, -0.15) is 0 Å². The molecule has 5 rings (SSSR count). The second-order valence-electron chi connectivity index (χ2n) is 8.36. The number of methoxy groups -OCH3 is 2. The second-order valence-corrected chi connectivity index (χ2v) is 8.36. The molecule has 0 unspecified atom stereocenters. The minimum absolute atomic E-state index is 0.187. The summed E-state index contributed by atoms with van der Waals surface area (Å²) in [6.07, 6.45) is 1.45. The molecule has 0 radical (unpaired) electrons. The highest BCUT2D eigenvalue weighted by Gasteiger charge is 2.21. The molecule has 0 N–H and O–H groups in total. The van der Waals surface area contributed by atoms with E-state index in [1.165, 1.54) is 13.4 Å². The van der Waals surface area contributed by atoms with Crippen molar-refractivity contribution in [2.75, 3.05) is 14.2 Å². The van der Waals surface area contributed by atoms with E-state index in [9.17, 15) is 4.79 Å². The number of rotatable bonds is 9. The van der Waals surface area contributed by atoms with E-state index in [-0.39, 0.29) is 5.43 Å². The van der Waals surface area contributed by atoms with Crippen LogP contribution >= 0.6 is 0 Å². The molecule has 186 valence electrons. The third-order valence-electron chi connectivity index (χ3n) is 6.01. The summed E-state index contributed by atoms with van der Waals surface area (Å²) >= 11 is 0. The average Bonchev–Trinajstić information content (AvgIpc) is 2.95. The van der Waals surface area contributed by atoms with Gasteiger partial charge < -0.3 is 23.4 Å². The predicted molar refractivity (Wildman–Crippen MR) is 143 cm³/mol. The molecule has 0 aliphatic rings. The first kappa shape index (κ1) is 24.0. The zero-order chi connectivity index (χ0) is 25.6. The van der Waals surface area contributed by atoms with Gasteiger partial charge in [-0.05, 0) is 35.4 Å². The van der Waals surface area contributed by atoms with Crippen molar-refractivity contribution in [3.63, 3.8) is 0 Å². The lowest BCUT2D eigenvalue weighted by Gasteiger charge is -2.17. The Balaban J connectivity index is 1.50. The minimum atomic E-state index is -0.187. The van der Waals surface area contributed by atoms with Gasteiger partial charge in [0.1, 0.15) is 30.8 Å². The zero-order valence-electron chi connectivity index (χ0n) is 20.6. The van der Waals surface area contributed by atoms with E-state index < -0.39 is 0 Å². The van der Waals surface area contributed by atoms with Crippen LogP contribution in [0.4, 0.5) is 0 Å². The van der Waals surface area contributed by atoms with E-state index in [2.05, 4.69) is 0 Å². The molecule has 0 amide bonds. The van der Waals surface area contributed by atoms with E-state index >= 15 is 0 Å². The maximum atomic E-state index is 13.6. The number of hydrogen-bond donors (Lipinski definition) is 0. The van der Waals surface area contributed by atoms with Gasteiger partial charge in [-0.15, -0.1) is 0 Å². The Morgan fingerprint density at radius 2 is 1.35 bits per heavy atom. The van der Waals surface area contributed by atoms with Crippen LogP contribution in [0.1, 0.15) is 11.1 Å². The first-order chi connectivity index (χ1) is 18.2. The summed E-state index contributed by atoms with van der Waals surface area (Å²) < 4.78 is 29.1. The van der Waals surface area contributed by atoms with Gasteiger partial charge in [-0.25, -0.2) is 0 Å². The van der Waals surface area contributed by atoms with E-state index in [1.807, 2.05) is 60.7 Å². The third-order valence-corrected chi connectivity index (χ3v) is 6.01. The quantitative estimate of drug-likeness (QED) is 0.229. The maximum absolute atomic E-state index is 13.6. The second kappa shape index (κ2) is 10.9. The standard InChI is InChI=1S/C31H26O6/c1-33-27-16-15-24(30(31(27)34-2)37-19-22-11-7-4-8-12-22)26-20-36-28-17-23(13-14-25(28)29(26)32)35-18-21-9-5-3-6-10-21/h3-17,20H,18-19H2,1-2H3. The Bertz CT molecular complexity index is 1560. The molecule has 0 bridgehead atoms. The van der Waals surface area contributed by atoms with Crippen LogP contribution in [0, 0.1) is 0 Å². The SMILES string of the molecule is COc1ccc(-c2coc3cc(OCc4ccccc4)ccc3c2=O)c(OCc2ccccc2)c1OC. The molecule has 6 nitrogen and oxygen atoms in total. The van der Waals surface area contributed by atoms with Crippen molar-refractivity contribution in [2.45, 2.75) is 13.2 Å². The molecule has 1 heterocycles. The Labute approximate surface area is 214 Å². The van der Waals surface area contributed by atoms with Gasteiger partial charge in [0.25, 0.3) is 0 Å². The summed E-state index contributed by atoms with van der Waals surface area (Å²) in [5.41, 5.74) is 3.19. The van der Waals surface area contributed by atoms with Crippen LogP contribution in [0.15, 0.2) is 106 Å². The summed E-state index contributed by atoms with van der Waals surface area (Å²) in [7, 11) is 3.09. The molecule has 0 saturated heterocycles. The van der Waals surface area contributed by atoms with Crippen molar-refractivity contribution in [1.29, 1.82) is 0 Å². The number of ether oxygens (including phenoxy) is 4. The third kappa shape index (κ3) is 5.14. The Kier molecular flexibility index (Phi) is 7.08. The van der Waals surface area contributed by atoms with Crippen molar-refractivity contribution in [3.05, 3.63) is 119 Å². The molecule has 0 saturated carbocycles. The first-order valence-electron chi connectivity index (χ1n) is 11.8. The molecular weight excluding hydrogens is 468 g/mol. The first-order valence-corrected chi connectivity index (χ1v) is 11.8. The van der Waals surface area contributed by atoms with Crippen LogP contribution in [0.5, 0.6) is 23.0 Å². The molecule has 0 atom stereocenters. The van der Waals surface area contributed by atoms with Crippen molar-refractivity contribution in [3.8, 4) is 34.1 Å². The molecule has 37 heavy (non-hydrogen) atoms. The van der Waals surface area contributed by atoms with Gasteiger partial charge in [-0.3, -0.25) is 4.79 Å². The molecule has 5 aromatic rings. The lowest BCUT2D eigenvalue weighted by Crippen LogP contribution is -2.08. The molecule has 0 fully saturated rings. The van der Waals surface area contributed by atoms with Gasteiger partial charge in [0.2, 0.25) is 11.2 Å². The molecule has 4 aromatic carbocycles. The Hall–Kier alpha value is -4.71. The van der Waals surface area contributed by atoms with Crippen molar-refractivity contribution < 1.29 is 23.4 Å². The van der Waals surface area contributed by atoms with E-state index in [1.54, 1.807) is 37.4 Å². The normalized spacial score (nSPS) is 10.8. The summed E-state index contributed by atoms with van der Waals surface area (Å²) in [6.45, 7) is 0.709. The van der Waals surface area contributed by atoms with E-state index in [0.717, 1.165) is 11.1 Å². The number of hydrogen-bond acceptors (Lipinski definition) is 6. The molecular formula is C31H26O6. The highest BCUT2D eigenvalue weighted by atomic mass is 16.5. The van der Waals surface area contributed by atoms with Crippen LogP contribution in [0.3, 0.4) is 0 Å². The lowest BCUT2D eigenvalue weighted by molar-refractivity contribution is 0.276. The topological polar surface area (TPSA) is 67.1 Å². The van der Waals surface area contributed by atoms with Gasteiger partial charge >= 0.3 is 0 Å². The van der Waals surface area contributed by atoms with Crippen LogP contribution in [0.2, 0.25) is 0 Å². The molecule has 6 heteroatoms. The van der Waals surface area contributed by atoms with Gasteiger partial charge in [0, 0.05) is 11.6 Å². The van der Waals surface area contributed by atoms with Gasteiger partial charge in [-0.1, -0.05) is 60.7 Å². The maximum Gasteiger partial charge on any atom is 0.203 e. The highest BCUT2D eigenvalue weighted by Crippen LogP contribution is 2.44. The number of benzene rings is 4. The van der Waals surface area contributed by atoms with E-state index in [0.29, 0.717) is 58.3 Å². The fraction of sp³-hybridized carbons (Fsp3) is 0.129. The van der Waals surface area contributed by atoms with Crippen molar-refractivity contribution >= 4 is 11.0 Å². The fourth-order valence-corrected chi connectivity index (χ4v) is 4.11. The summed E-state index contributed by atoms with van der Waals surface area (Å²) in [4.78, 5) is 13.6. The average molecular weight is 495 g/mol. The number of fused-ring (bicyclic) bond motifs is 1. The molecule has 0 spiro atoms. The highest BCUT2D eigenvalue weighted by molar-refractivity contribution is 5.85. The predicted octanol–water partition coefficient (Wildman–Crippen LogP) is 6.64. The van der Waals surface area contributed by atoms with Gasteiger partial charge in [0.05, 0.1) is 25.2 Å².